The Kier molecular flexibility index (Phi) is 3.67. The van der Waals surface area contributed by atoms with E-state index in [4.69, 9.17) is 27.3 Å². The van der Waals surface area contributed by atoms with Crippen molar-refractivity contribution in [3.05, 3.63) is 77.6 Å². The van der Waals surface area contributed by atoms with Crippen LogP contribution >= 0.6 is 11.6 Å². The summed E-state index contributed by atoms with van der Waals surface area (Å²) in [6.45, 7) is 0.672. The topological polar surface area (TPSA) is 55.0 Å². The number of hydrogen-bond donors (Lipinski definition) is 1. The first-order chi connectivity index (χ1) is 11.7. The predicted octanol–water partition coefficient (Wildman–Crippen LogP) is 4.13. The molecule has 0 radical (unpaired) electrons. The van der Waals surface area contributed by atoms with Crippen LogP contribution in [0, 0.1) is 0 Å². The van der Waals surface area contributed by atoms with E-state index >= 15 is 0 Å². The van der Waals surface area contributed by atoms with Crippen LogP contribution in [0.4, 0.5) is 5.82 Å². The van der Waals surface area contributed by atoms with Gasteiger partial charge in [-0.3, -0.25) is 0 Å². The van der Waals surface area contributed by atoms with Gasteiger partial charge in [-0.2, -0.15) is 0 Å². The fourth-order valence-electron chi connectivity index (χ4n) is 2.71. The molecule has 0 saturated heterocycles. The number of nitrogens with two attached hydrogens (primary N) is 1. The molecular weight excluding hydrogens is 320 g/mol. The van der Waals surface area contributed by atoms with Crippen molar-refractivity contribution >= 4 is 28.3 Å². The van der Waals surface area contributed by atoms with E-state index in [1.165, 1.54) is 0 Å². The highest BCUT2D eigenvalue weighted by atomic mass is 35.5. The van der Waals surface area contributed by atoms with Crippen molar-refractivity contribution in [3.63, 3.8) is 0 Å². The predicted molar refractivity (Wildman–Crippen MR) is 98.7 cm³/mol. The Bertz CT molecular complexity index is 978. The lowest BCUT2D eigenvalue weighted by molar-refractivity contribution is 1.01. The number of anilines is 1. The van der Waals surface area contributed by atoms with Crippen LogP contribution in [0.2, 0.25) is 5.02 Å². The van der Waals surface area contributed by atoms with Crippen molar-refractivity contribution < 1.29 is 0 Å². The average molecular weight is 335 g/mol. The molecule has 2 heterocycles. The molecule has 0 amide bonds. The first kappa shape index (κ1) is 14.7. The van der Waals surface area contributed by atoms with Crippen LogP contribution in [0.25, 0.3) is 22.3 Å². The molecule has 0 saturated carbocycles. The van der Waals surface area contributed by atoms with E-state index in [2.05, 4.69) is 4.90 Å². The molecule has 0 bridgehead atoms. The van der Waals surface area contributed by atoms with Crippen molar-refractivity contribution in [1.82, 2.24) is 9.97 Å². The molecule has 0 atom stereocenters. The van der Waals surface area contributed by atoms with Gasteiger partial charge in [-0.25, -0.2) is 9.97 Å². The van der Waals surface area contributed by atoms with Gasteiger partial charge in [-0.1, -0.05) is 35.9 Å². The third kappa shape index (κ3) is 2.61. The van der Waals surface area contributed by atoms with Crippen molar-refractivity contribution in [2.45, 2.75) is 0 Å². The Hall–Kier alpha value is -2.85. The van der Waals surface area contributed by atoms with Gasteiger partial charge >= 0.3 is 0 Å². The molecule has 2 aromatic carbocycles. The highest BCUT2D eigenvalue weighted by Crippen LogP contribution is 2.31. The second kappa shape index (κ2) is 5.98. The minimum atomic E-state index is 0.616. The maximum absolute atomic E-state index is 6.33. The second-order valence-corrected chi connectivity index (χ2v) is 5.95. The molecule has 4 rings (SSSR count). The monoisotopic (exact) mass is 334 g/mol. The summed E-state index contributed by atoms with van der Waals surface area (Å²) in [5.74, 6) is 1.46. The van der Waals surface area contributed by atoms with E-state index in [0.717, 1.165) is 28.0 Å². The Morgan fingerprint density at radius 2 is 1.79 bits per heavy atom. The highest BCUT2D eigenvalue weighted by molar-refractivity contribution is 6.33. The number of fused-ring (bicyclic) bond motifs is 1. The van der Waals surface area contributed by atoms with Crippen molar-refractivity contribution in [1.29, 1.82) is 0 Å². The van der Waals surface area contributed by atoms with Crippen LogP contribution in [-0.2, 0) is 0 Å². The maximum atomic E-state index is 6.33. The zero-order valence-corrected chi connectivity index (χ0v) is 13.6. The minimum absolute atomic E-state index is 0.616. The molecule has 0 fully saturated rings. The van der Waals surface area contributed by atoms with Gasteiger partial charge < -0.3 is 10.6 Å². The number of halogens is 1. The van der Waals surface area contributed by atoms with E-state index < -0.39 is 0 Å². The molecule has 4 nitrogen and oxygen atoms in total. The van der Waals surface area contributed by atoms with Crippen molar-refractivity contribution in [2.24, 2.45) is 5.73 Å². The first-order valence-electron chi connectivity index (χ1n) is 7.64. The van der Waals surface area contributed by atoms with Crippen LogP contribution < -0.4 is 10.6 Å². The molecule has 0 aliphatic carbocycles. The molecule has 0 spiro atoms. The summed E-state index contributed by atoms with van der Waals surface area (Å²) in [6, 6.07) is 15.6. The Balaban J connectivity index is 1.92. The fraction of sp³-hybridized carbons (Fsp3) is 0.0526. The molecule has 1 aliphatic heterocycles. The summed E-state index contributed by atoms with van der Waals surface area (Å²) in [4.78, 5) is 11.5. The molecule has 5 heteroatoms. The number of aromatic nitrogens is 2. The molecule has 118 valence electrons. The number of allylic oxidation sites excluding steroid dienone is 1. The standard InChI is InChI=1S/C19H15ClN4/c20-16-7-3-1-5-14(16)18-22-17-8-4-2-6-15(17)19(23-18)24-11-9-13(21)10-12-24/h1-11H,12,21H2. The summed E-state index contributed by atoms with van der Waals surface area (Å²) < 4.78 is 0. The smallest absolute Gasteiger partial charge is 0.163 e. The third-order valence-electron chi connectivity index (χ3n) is 3.94. The van der Waals surface area contributed by atoms with Crippen LogP contribution in [0.3, 0.4) is 0 Å². The molecule has 1 aliphatic rings. The average Bonchev–Trinajstić information content (AvgIpc) is 2.62. The molecule has 1 aromatic heterocycles. The summed E-state index contributed by atoms with van der Waals surface area (Å²) >= 11 is 6.33. The van der Waals surface area contributed by atoms with Gasteiger partial charge in [0.1, 0.15) is 5.82 Å². The molecular formula is C19H15ClN4. The van der Waals surface area contributed by atoms with Crippen LogP contribution in [0.1, 0.15) is 0 Å². The normalized spacial score (nSPS) is 14.0. The Morgan fingerprint density at radius 3 is 2.58 bits per heavy atom. The number of hydrogen-bond acceptors (Lipinski definition) is 4. The zero-order chi connectivity index (χ0) is 16.5. The van der Waals surface area contributed by atoms with Crippen LogP contribution in [0.5, 0.6) is 0 Å². The van der Waals surface area contributed by atoms with E-state index in [9.17, 15) is 0 Å². The first-order valence-corrected chi connectivity index (χ1v) is 8.02. The minimum Gasteiger partial charge on any atom is -0.399 e. The highest BCUT2D eigenvalue weighted by Gasteiger charge is 2.16. The van der Waals surface area contributed by atoms with Gasteiger partial charge in [-0.15, -0.1) is 0 Å². The summed E-state index contributed by atoms with van der Waals surface area (Å²) in [6.07, 6.45) is 5.78. The number of nitrogens with zero attached hydrogens (tertiary/aromatic N) is 3. The van der Waals surface area contributed by atoms with Gasteiger partial charge in [0.05, 0.1) is 10.5 Å². The van der Waals surface area contributed by atoms with Gasteiger partial charge in [0.15, 0.2) is 5.82 Å². The SMILES string of the molecule is NC1=CCN(c2nc(-c3ccccc3Cl)nc3ccccc23)C=C1. The Morgan fingerprint density at radius 1 is 1.00 bits per heavy atom. The molecule has 3 aromatic rings. The van der Waals surface area contributed by atoms with Gasteiger partial charge in [0.2, 0.25) is 0 Å². The summed E-state index contributed by atoms with van der Waals surface area (Å²) in [5.41, 5.74) is 8.29. The quantitative estimate of drug-likeness (QED) is 0.765. The third-order valence-corrected chi connectivity index (χ3v) is 4.27. The van der Waals surface area contributed by atoms with Crippen LogP contribution in [0.15, 0.2) is 72.6 Å². The van der Waals surface area contributed by atoms with E-state index in [-0.39, 0.29) is 0 Å². The number of rotatable bonds is 2. The lowest BCUT2D eigenvalue weighted by atomic mass is 10.1. The van der Waals surface area contributed by atoms with E-state index in [1.54, 1.807) is 0 Å². The second-order valence-electron chi connectivity index (χ2n) is 5.54. The Labute approximate surface area is 144 Å². The fourth-order valence-corrected chi connectivity index (χ4v) is 2.93. The van der Waals surface area contributed by atoms with Crippen LogP contribution in [-0.4, -0.2) is 16.5 Å². The van der Waals surface area contributed by atoms with E-state index in [0.29, 0.717) is 17.4 Å². The lowest BCUT2D eigenvalue weighted by Gasteiger charge is -2.22. The van der Waals surface area contributed by atoms with E-state index in [1.807, 2.05) is 66.9 Å². The summed E-state index contributed by atoms with van der Waals surface area (Å²) in [5, 5.41) is 1.63. The molecule has 0 unspecified atom stereocenters. The number of para-hydroxylation sites is 1. The summed E-state index contributed by atoms with van der Waals surface area (Å²) in [7, 11) is 0. The van der Waals surface area contributed by atoms with Crippen molar-refractivity contribution in [2.75, 3.05) is 11.4 Å². The maximum Gasteiger partial charge on any atom is 0.163 e. The molecule has 2 N–H and O–H groups in total. The molecule has 24 heavy (non-hydrogen) atoms. The lowest BCUT2D eigenvalue weighted by Crippen LogP contribution is -2.22. The van der Waals surface area contributed by atoms with Gasteiger partial charge in [-0.05, 0) is 36.4 Å². The van der Waals surface area contributed by atoms with Gasteiger partial charge in [0.25, 0.3) is 0 Å². The zero-order valence-electron chi connectivity index (χ0n) is 12.9. The van der Waals surface area contributed by atoms with Crippen molar-refractivity contribution in [3.8, 4) is 11.4 Å². The largest absolute Gasteiger partial charge is 0.399 e. The van der Waals surface area contributed by atoms with Gasteiger partial charge in [0, 0.05) is 29.4 Å². The number of benzene rings is 2.